The first-order valence-corrected chi connectivity index (χ1v) is 9.55. The summed E-state index contributed by atoms with van der Waals surface area (Å²) >= 11 is 6.24. The quantitative estimate of drug-likeness (QED) is 0.654. The van der Waals surface area contributed by atoms with Gasteiger partial charge in [0.05, 0.1) is 18.4 Å². The summed E-state index contributed by atoms with van der Waals surface area (Å²) < 4.78 is 11.3. The van der Waals surface area contributed by atoms with E-state index in [1.165, 1.54) is 13.2 Å². The van der Waals surface area contributed by atoms with E-state index in [-0.39, 0.29) is 10.7 Å². The molecule has 0 aliphatic carbocycles. The number of esters is 2. The highest BCUT2D eigenvalue weighted by molar-refractivity contribution is 6.32. The molecule has 0 aliphatic rings. The van der Waals surface area contributed by atoms with Crippen molar-refractivity contribution < 1.29 is 23.9 Å². The van der Waals surface area contributed by atoms with Crippen molar-refractivity contribution in [1.82, 2.24) is 9.78 Å². The number of rotatable bonds is 8. The lowest BCUT2D eigenvalue weighted by Gasteiger charge is -2.10. The van der Waals surface area contributed by atoms with Crippen molar-refractivity contribution in [2.45, 2.75) is 40.2 Å². The molecule has 0 radical (unpaired) electrons. The van der Waals surface area contributed by atoms with E-state index in [2.05, 4.69) is 15.2 Å². The SMILES string of the molecule is CCCCn1nc(C)c(C(=O)OCC(=O)Nc2cc(C(=O)OC)ccc2C)c1Cl. The van der Waals surface area contributed by atoms with Crippen LogP contribution in [0.5, 0.6) is 0 Å². The molecule has 1 aromatic heterocycles. The number of nitrogens with zero attached hydrogens (tertiary/aromatic N) is 2. The van der Waals surface area contributed by atoms with Gasteiger partial charge in [0.15, 0.2) is 6.61 Å². The van der Waals surface area contributed by atoms with Crippen LogP contribution in [0.4, 0.5) is 5.69 Å². The molecule has 2 aromatic rings. The van der Waals surface area contributed by atoms with E-state index in [9.17, 15) is 14.4 Å². The summed E-state index contributed by atoms with van der Waals surface area (Å²) in [6, 6.07) is 4.78. The zero-order valence-corrected chi connectivity index (χ0v) is 17.6. The van der Waals surface area contributed by atoms with Crippen LogP contribution < -0.4 is 5.32 Å². The maximum atomic E-state index is 12.4. The molecule has 1 heterocycles. The lowest BCUT2D eigenvalue weighted by Crippen LogP contribution is -2.22. The summed E-state index contributed by atoms with van der Waals surface area (Å²) in [4.78, 5) is 36.2. The predicted octanol–water partition coefficient (Wildman–Crippen LogP) is 3.54. The van der Waals surface area contributed by atoms with E-state index in [0.29, 0.717) is 23.5 Å². The average molecular weight is 422 g/mol. The lowest BCUT2D eigenvalue weighted by molar-refractivity contribution is -0.119. The maximum Gasteiger partial charge on any atom is 0.343 e. The fraction of sp³-hybridized carbons (Fsp3) is 0.400. The van der Waals surface area contributed by atoms with E-state index in [1.54, 1.807) is 30.7 Å². The van der Waals surface area contributed by atoms with Crippen LogP contribution in [0.25, 0.3) is 0 Å². The van der Waals surface area contributed by atoms with Gasteiger partial charge >= 0.3 is 11.9 Å². The van der Waals surface area contributed by atoms with Gasteiger partial charge in [-0.1, -0.05) is 31.0 Å². The Labute approximate surface area is 174 Å². The molecular weight excluding hydrogens is 398 g/mol. The largest absolute Gasteiger partial charge is 0.465 e. The number of aromatic nitrogens is 2. The van der Waals surface area contributed by atoms with Gasteiger partial charge < -0.3 is 14.8 Å². The highest BCUT2D eigenvalue weighted by Gasteiger charge is 2.22. The van der Waals surface area contributed by atoms with E-state index in [4.69, 9.17) is 16.3 Å². The van der Waals surface area contributed by atoms with Crippen molar-refractivity contribution in [3.63, 3.8) is 0 Å². The van der Waals surface area contributed by atoms with E-state index < -0.39 is 24.5 Å². The summed E-state index contributed by atoms with van der Waals surface area (Å²) in [5.74, 6) is -1.78. The summed E-state index contributed by atoms with van der Waals surface area (Å²) in [6.45, 7) is 5.57. The Balaban J connectivity index is 2.02. The molecular formula is C20H24ClN3O5. The number of nitrogens with one attached hydrogen (secondary N) is 1. The minimum absolute atomic E-state index is 0.152. The summed E-state index contributed by atoms with van der Waals surface area (Å²) in [7, 11) is 1.28. The van der Waals surface area contributed by atoms with Gasteiger partial charge in [-0.05, 0) is 38.0 Å². The highest BCUT2D eigenvalue weighted by Crippen LogP contribution is 2.22. The first kappa shape index (κ1) is 22.4. The Morgan fingerprint density at radius 3 is 2.59 bits per heavy atom. The number of carbonyl (C=O) groups excluding carboxylic acids is 3. The summed E-state index contributed by atoms with van der Waals surface area (Å²) in [5, 5.41) is 7.07. The van der Waals surface area contributed by atoms with Crippen molar-refractivity contribution in [1.29, 1.82) is 0 Å². The number of hydrogen-bond donors (Lipinski definition) is 1. The smallest absolute Gasteiger partial charge is 0.343 e. The topological polar surface area (TPSA) is 99.5 Å². The minimum atomic E-state index is -0.717. The molecule has 0 saturated heterocycles. The van der Waals surface area contributed by atoms with Crippen molar-refractivity contribution in [2.24, 2.45) is 0 Å². The second kappa shape index (κ2) is 10.1. The third-order valence-electron chi connectivity index (χ3n) is 4.26. The Hall–Kier alpha value is -2.87. The number of anilines is 1. The molecule has 0 unspecified atom stereocenters. The highest BCUT2D eigenvalue weighted by atomic mass is 35.5. The van der Waals surface area contributed by atoms with Gasteiger partial charge in [-0.3, -0.25) is 9.48 Å². The number of halogens is 1. The number of amides is 1. The Morgan fingerprint density at radius 2 is 1.93 bits per heavy atom. The van der Waals surface area contributed by atoms with Crippen LogP contribution in [0, 0.1) is 13.8 Å². The average Bonchev–Trinajstić information content (AvgIpc) is 2.98. The number of hydrogen-bond acceptors (Lipinski definition) is 6. The molecule has 0 spiro atoms. The van der Waals surface area contributed by atoms with Crippen molar-refractivity contribution in [3.8, 4) is 0 Å². The molecule has 8 nitrogen and oxygen atoms in total. The van der Waals surface area contributed by atoms with E-state index >= 15 is 0 Å². The molecule has 1 N–H and O–H groups in total. The number of ether oxygens (including phenoxy) is 2. The lowest BCUT2D eigenvalue weighted by atomic mass is 10.1. The van der Waals surface area contributed by atoms with Crippen LogP contribution in [0.15, 0.2) is 18.2 Å². The van der Waals surface area contributed by atoms with Gasteiger partial charge in [0.25, 0.3) is 5.91 Å². The minimum Gasteiger partial charge on any atom is -0.465 e. The Kier molecular flexibility index (Phi) is 7.78. The number of aryl methyl sites for hydroxylation is 3. The zero-order chi connectivity index (χ0) is 21.6. The second-order valence-electron chi connectivity index (χ2n) is 6.47. The van der Waals surface area contributed by atoms with Crippen LogP contribution in [0.2, 0.25) is 5.15 Å². The molecule has 0 aliphatic heterocycles. The zero-order valence-electron chi connectivity index (χ0n) is 16.9. The third kappa shape index (κ3) is 5.57. The van der Waals surface area contributed by atoms with E-state index in [0.717, 1.165) is 18.4 Å². The molecule has 2 rings (SSSR count). The van der Waals surface area contributed by atoms with E-state index in [1.807, 2.05) is 6.92 Å². The van der Waals surface area contributed by atoms with Gasteiger partial charge in [-0.15, -0.1) is 0 Å². The van der Waals surface area contributed by atoms with Gasteiger partial charge in [0.1, 0.15) is 10.7 Å². The fourth-order valence-corrected chi connectivity index (χ4v) is 2.97. The van der Waals surface area contributed by atoms with Crippen LogP contribution in [0.1, 0.15) is 51.7 Å². The molecule has 156 valence electrons. The molecule has 1 aromatic carbocycles. The first-order chi connectivity index (χ1) is 13.8. The normalized spacial score (nSPS) is 10.5. The van der Waals surface area contributed by atoms with Gasteiger partial charge in [0, 0.05) is 12.2 Å². The van der Waals surface area contributed by atoms with Gasteiger partial charge in [-0.25, -0.2) is 9.59 Å². The first-order valence-electron chi connectivity index (χ1n) is 9.17. The number of unbranched alkanes of at least 4 members (excludes halogenated alkanes) is 1. The standard InChI is InChI=1S/C20H24ClN3O5/c1-5-6-9-24-18(21)17(13(3)23-24)20(27)29-11-16(25)22-15-10-14(19(26)28-4)8-7-12(15)2/h7-8,10H,5-6,9,11H2,1-4H3,(H,22,25). The molecule has 0 atom stereocenters. The van der Waals surface area contributed by atoms with Gasteiger partial charge in [-0.2, -0.15) is 5.10 Å². The molecule has 0 saturated carbocycles. The Bertz CT molecular complexity index is 923. The maximum absolute atomic E-state index is 12.4. The van der Waals surface area contributed by atoms with Crippen LogP contribution in [-0.4, -0.2) is 41.3 Å². The fourth-order valence-electron chi connectivity index (χ4n) is 2.63. The van der Waals surface area contributed by atoms with Crippen molar-refractivity contribution >= 4 is 35.1 Å². The second-order valence-corrected chi connectivity index (χ2v) is 6.83. The molecule has 1 amide bonds. The molecule has 0 bridgehead atoms. The van der Waals surface area contributed by atoms with Crippen molar-refractivity contribution in [3.05, 3.63) is 45.7 Å². The molecule has 29 heavy (non-hydrogen) atoms. The van der Waals surface area contributed by atoms with Crippen molar-refractivity contribution in [2.75, 3.05) is 19.0 Å². The molecule has 0 fully saturated rings. The number of carbonyl (C=O) groups is 3. The summed E-state index contributed by atoms with van der Waals surface area (Å²) in [5.41, 5.74) is 2.06. The van der Waals surface area contributed by atoms with Crippen LogP contribution in [-0.2, 0) is 20.8 Å². The number of benzene rings is 1. The number of methoxy groups -OCH3 is 1. The molecule has 9 heteroatoms. The third-order valence-corrected chi connectivity index (χ3v) is 4.64. The van der Waals surface area contributed by atoms with Gasteiger partial charge in [0.2, 0.25) is 0 Å². The monoisotopic (exact) mass is 421 g/mol. The predicted molar refractivity (Wildman–Crippen MR) is 108 cm³/mol. The van der Waals surface area contributed by atoms with Crippen LogP contribution >= 0.6 is 11.6 Å². The van der Waals surface area contributed by atoms with Crippen LogP contribution in [0.3, 0.4) is 0 Å². The Morgan fingerprint density at radius 1 is 1.21 bits per heavy atom. The summed E-state index contributed by atoms with van der Waals surface area (Å²) in [6.07, 6.45) is 1.84.